The lowest BCUT2D eigenvalue weighted by Crippen LogP contribution is -2.59. The van der Waals surface area contributed by atoms with Crippen molar-refractivity contribution in [1.82, 2.24) is 19.8 Å². The fourth-order valence-corrected chi connectivity index (χ4v) is 8.10. The molecule has 47 heavy (non-hydrogen) atoms. The third-order valence-electron chi connectivity index (χ3n) is 8.23. The highest BCUT2D eigenvalue weighted by Gasteiger charge is 2.49. The van der Waals surface area contributed by atoms with E-state index in [9.17, 15) is 27.0 Å². The Morgan fingerprint density at radius 2 is 1.74 bits per heavy atom. The molecule has 3 aromatic rings. The summed E-state index contributed by atoms with van der Waals surface area (Å²) >= 11 is 13.0. The van der Waals surface area contributed by atoms with Crippen LogP contribution < -0.4 is 14.9 Å². The first kappa shape index (κ1) is 35.0. The van der Waals surface area contributed by atoms with Crippen LogP contribution in [-0.2, 0) is 37.2 Å². The lowest BCUT2D eigenvalue weighted by molar-refractivity contribution is -0.138. The van der Waals surface area contributed by atoms with Crippen molar-refractivity contribution >= 4 is 61.9 Å². The molecule has 11 nitrogen and oxygen atoms in total. The maximum atomic E-state index is 14.4. The molecule has 1 fully saturated rings. The van der Waals surface area contributed by atoms with E-state index in [2.05, 4.69) is 14.9 Å². The van der Waals surface area contributed by atoms with Crippen LogP contribution in [0, 0.1) is 0 Å². The molecule has 0 saturated heterocycles. The number of hydrogen-bond donors (Lipinski definition) is 3. The van der Waals surface area contributed by atoms with Gasteiger partial charge in [0.05, 0.1) is 24.8 Å². The average Bonchev–Trinajstić information content (AvgIpc) is 3.01. The first-order valence-corrected chi connectivity index (χ1v) is 19.0. The molecule has 1 saturated carbocycles. The average molecular weight is 722 g/mol. The molecule has 0 aromatic heterocycles. The number of carbonyl (C=O) groups excluding carboxylic acids is 3. The number of fused-ring (bicyclic) bond motifs is 1. The minimum absolute atomic E-state index is 0.103. The lowest BCUT2D eigenvalue weighted by Gasteiger charge is -2.49. The highest BCUT2D eigenvalue weighted by atomic mass is 35.5. The predicted molar refractivity (Wildman–Crippen MR) is 179 cm³/mol. The Bertz CT molecular complexity index is 1820. The molecule has 3 aromatic carbocycles. The predicted octanol–water partition coefficient (Wildman–Crippen LogP) is 4.41. The van der Waals surface area contributed by atoms with Crippen LogP contribution in [-0.4, -0.2) is 59.8 Å². The van der Waals surface area contributed by atoms with E-state index in [1.54, 1.807) is 65.6 Å². The normalized spacial score (nSPS) is 21.9. The van der Waals surface area contributed by atoms with Gasteiger partial charge in [0, 0.05) is 39.5 Å². The van der Waals surface area contributed by atoms with Crippen LogP contribution in [0.25, 0.3) is 0 Å². The molecule has 2 aliphatic rings. The van der Waals surface area contributed by atoms with E-state index >= 15 is 0 Å². The van der Waals surface area contributed by atoms with E-state index in [1.165, 1.54) is 12.3 Å². The summed E-state index contributed by atoms with van der Waals surface area (Å²) < 4.78 is 41.3. The van der Waals surface area contributed by atoms with Crippen molar-refractivity contribution in [1.29, 1.82) is 0 Å². The van der Waals surface area contributed by atoms with Crippen LogP contribution in [0.1, 0.15) is 75.0 Å². The van der Waals surface area contributed by atoms with Crippen LogP contribution in [0.2, 0.25) is 10.0 Å². The molecular formula is C32H34Cl2N4O7S2. The minimum Gasteiger partial charge on any atom is -0.326 e. The number of sulfonamides is 1. The summed E-state index contributed by atoms with van der Waals surface area (Å²) in [5.74, 6) is -2.45. The van der Waals surface area contributed by atoms with E-state index in [1.807, 2.05) is 0 Å². The van der Waals surface area contributed by atoms with E-state index in [-0.39, 0.29) is 23.1 Å². The molecule has 0 spiro atoms. The molecule has 1 aliphatic heterocycles. The zero-order valence-electron chi connectivity index (χ0n) is 25.6. The Balaban J connectivity index is 1.52. The highest BCUT2D eigenvalue weighted by molar-refractivity contribution is 7.88. The first-order chi connectivity index (χ1) is 22.3. The van der Waals surface area contributed by atoms with Gasteiger partial charge in [-0.25, -0.2) is 22.8 Å². The second-order valence-corrected chi connectivity index (χ2v) is 15.3. The molecule has 3 amide bonds. The third kappa shape index (κ3) is 8.22. The number of amides is 3. The summed E-state index contributed by atoms with van der Waals surface area (Å²) in [6.07, 6.45) is 4.97. The van der Waals surface area contributed by atoms with Gasteiger partial charge in [-0.15, -0.1) is 0 Å². The first-order valence-electron chi connectivity index (χ1n) is 14.8. The van der Waals surface area contributed by atoms with Crippen LogP contribution in [0.3, 0.4) is 0 Å². The van der Waals surface area contributed by atoms with Gasteiger partial charge >= 0.3 is 0 Å². The maximum absolute atomic E-state index is 14.4. The van der Waals surface area contributed by atoms with Gasteiger partial charge < -0.3 is 4.90 Å². The van der Waals surface area contributed by atoms with Crippen molar-refractivity contribution in [3.05, 3.63) is 105 Å². The number of carbonyl (C=O) groups is 3. The van der Waals surface area contributed by atoms with E-state index in [4.69, 9.17) is 28.0 Å². The zero-order chi connectivity index (χ0) is 33.9. The molecule has 0 bridgehead atoms. The summed E-state index contributed by atoms with van der Waals surface area (Å²) in [6.45, 7) is -0.103. The number of benzene rings is 3. The van der Waals surface area contributed by atoms with Gasteiger partial charge in [-0.1, -0.05) is 72.4 Å². The van der Waals surface area contributed by atoms with E-state index < -0.39 is 56.9 Å². The number of rotatable bonds is 10. The lowest BCUT2D eigenvalue weighted by atomic mass is 9.76. The third-order valence-corrected chi connectivity index (χ3v) is 10.00. The summed E-state index contributed by atoms with van der Waals surface area (Å²) in [4.78, 5) is 48.1. The van der Waals surface area contributed by atoms with Gasteiger partial charge in [-0.2, -0.15) is 0 Å². The van der Waals surface area contributed by atoms with E-state index in [0.29, 0.717) is 40.1 Å². The number of hydroxylamine groups is 1. The number of nitrogens with one attached hydrogen (secondary N) is 3. The SMILES string of the molecule is CS(=O)NC(=O)c1cccc(CONC(=O)[C@@H]2c3ccccc3C(=O)N([C@H]3CCCC[C@@H]3NS(C)(=O)=O)[C@H]2c2ccc(Cl)cc2Cl)c1. The van der Waals surface area contributed by atoms with Crippen LogP contribution >= 0.6 is 23.2 Å². The monoisotopic (exact) mass is 720 g/mol. The fourth-order valence-electron chi connectivity index (χ4n) is 6.37. The molecule has 15 heteroatoms. The van der Waals surface area contributed by atoms with Crippen LogP contribution in [0.4, 0.5) is 0 Å². The van der Waals surface area contributed by atoms with Gasteiger partial charge in [0.25, 0.3) is 17.7 Å². The van der Waals surface area contributed by atoms with Crippen molar-refractivity contribution in [2.24, 2.45) is 0 Å². The molecule has 5 atom stereocenters. The molecule has 1 heterocycles. The number of nitrogens with zero attached hydrogens (tertiary/aromatic N) is 1. The van der Waals surface area contributed by atoms with Crippen molar-refractivity contribution in [3.63, 3.8) is 0 Å². The second-order valence-electron chi connectivity index (χ2n) is 11.6. The van der Waals surface area contributed by atoms with Gasteiger partial charge in [0.1, 0.15) is 11.0 Å². The fraction of sp³-hybridized carbons (Fsp3) is 0.344. The van der Waals surface area contributed by atoms with Crippen molar-refractivity contribution < 1.29 is 31.8 Å². The maximum Gasteiger partial charge on any atom is 0.262 e. The van der Waals surface area contributed by atoms with Crippen molar-refractivity contribution in [3.8, 4) is 0 Å². The summed E-state index contributed by atoms with van der Waals surface area (Å²) in [6, 6.07) is 16.0. The standard InChI is InChI=1S/C32H34Cl2N4O7S2/c1-46(42)36-30(39)20-9-7-8-19(16-20)18-45-35-31(40)28-22-10-3-4-11-23(22)32(41)38(29(28)24-15-14-21(33)17-25(24)34)27-13-6-5-12-26(27)37-47(2,43)44/h3-4,7-11,14-17,26-29,37H,5-6,12-13,18H2,1-2H3,(H,35,40)(H,36,39)/t26-,27-,28+,29-,46?/m0/s1. The summed E-state index contributed by atoms with van der Waals surface area (Å²) in [5, 5.41) is 0.609. The Hall–Kier alpha value is -3.33. The summed E-state index contributed by atoms with van der Waals surface area (Å²) in [5.41, 5.74) is 4.60. The molecule has 1 unspecified atom stereocenters. The van der Waals surface area contributed by atoms with Crippen LogP contribution in [0.15, 0.2) is 66.7 Å². The molecule has 0 radical (unpaired) electrons. The molecule has 3 N–H and O–H groups in total. The topological polar surface area (TPSA) is 151 Å². The van der Waals surface area contributed by atoms with Crippen molar-refractivity contribution in [2.75, 3.05) is 12.5 Å². The Morgan fingerprint density at radius 1 is 1.00 bits per heavy atom. The largest absolute Gasteiger partial charge is 0.326 e. The van der Waals surface area contributed by atoms with Crippen molar-refractivity contribution in [2.45, 2.75) is 56.3 Å². The molecule has 5 rings (SSSR count). The van der Waals surface area contributed by atoms with Crippen LogP contribution in [0.5, 0.6) is 0 Å². The highest BCUT2D eigenvalue weighted by Crippen LogP contribution is 2.47. The Labute approximate surface area is 285 Å². The van der Waals surface area contributed by atoms with Gasteiger partial charge in [-0.3, -0.25) is 23.9 Å². The quantitative estimate of drug-likeness (QED) is 0.263. The zero-order valence-corrected chi connectivity index (χ0v) is 28.7. The van der Waals surface area contributed by atoms with Gasteiger partial charge in [0.2, 0.25) is 10.0 Å². The molecule has 1 aliphatic carbocycles. The van der Waals surface area contributed by atoms with E-state index in [0.717, 1.165) is 19.1 Å². The molecular weight excluding hydrogens is 687 g/mol. The summed E-state index contributed by atoms with van der Waals surface area (Å²) in [7, 11) is -5.16. The van der Waals surface area contributed by atoms with Gasteiger partial charge in [-0.05, 0) is 59.9 Å². The smallest absolute Gasteiger partial charge is 0.262 e. The number of halogens is 2. The Kier molecular flexibility index (Phi) is 11.0. The van der Waals surface area contributed by atoms with Gasteiger partial charge in [0.15, 0.2) is 0 Å². The number of hydrogen-bond acceptors (Lipinski definition) is 7. The minimum atomic E-state index is -3.62. The molecule has 250 valence electrons. The second kappa shape index (κ2) is 14.8. The Morgan fingerprint density at radius 3 is 2.47 bits per heavy atom.